The Morgan fingerprint density at radius 3 is 1.58 bits per heavy atom. The highest BCUT2D eigenvalue weighted by molar-refractivity contribution is 5.93. The van der Waals surface area contributed by atoms with Crippen LogP contribution in [0.3, 0.4) is 0 Å². The standard InChI is InChI=1S/C12H14N3.2C11H13N4.2C11H11N3.C11H11N2O.C10H8N2O.3CH4/c1-9-13(2)11-8-10-6-4-5-7-15(10)12(11)14(9)3;2*1-8-13(2)10-11(14(8)3)15-7-5-4-6-9(15)12-10;1-8-12-9-7-14-6-4-3-5-10(14)11(9)13(8)2;1-8-12-11-9-5-3-4-6-14(9)7-10(11)13(8)2;1-8-11-13(7-12(8)2)9-5-3-4-6-10(9)14-11;1-7-11-6-10-12(7)8-4-2-3-5-9(8)13-10;;;/h4-8H,1-3H3;2*4-7H,1-3H3;3*3-7H,1-2H3;2-6H,1H3;3*1H4/q3*+1;;;+1;;;;. The van der Waals surface area contributed by atoms with Gasteiger partial charge in [0.2, 0.25) is 23.2 Å². The van der Waals surface area contributed by atoms with Crippen molar-refractivity contribution >= 4 is 117 Å². The van der Waals surface area contributed by atoms with Gasteiger partial charge in [-0.05, 0) is 106 Å². The Balaban J connectivity index is 0.000000113. The lowest BCUT2D eigenvalue weighted by Gasteiger charge is -1.97. The summed E-state index contributed by atoms with van der Waals surface area (Å²) in [5.74, 6) is 6.73. The molecular weight excluding hydrogens is 1290 g/mol. The van der Waals surface area contributed by atoms with Crippen LogP contribution in [-0.2, 0) is 63.4 Å². The minimum atomic E-state index is 0. The summed E-state index contributed by atoms with van der Waals surface area (Å²) in [6.45, 7) is 14.4. The van der Waals surface area contributed by atoms with E-state index in [2.05, 4.69) is 222 Å². The number of benzene rings is 2. The quantitative estimate of drug-likeness (QED) is 0.136. The van der Waals surface area contributed by atoms with E-state index in [-0.39, 0.29) is 22.3 Å². The van der Waals surface area contributed by atoms with Crippen LogP contribution in [0.25, 0.3) is 117 Å². The highest BCUT2D eigenvalue weighted by Crippen LogP contribution is 2.26. The number of rotatable bonds is 0. The van der Waals surface area contributed by atoms with E-state index < -0.39 is 0 Å². The second kappa shape index (κ2) is 27.5. The molecule has 0 aliphatic carbocycles. The van der Waals surface area contributed by atoms with Gasteiger partial charge in [-0.25, -0.2) is 55.6 Å². The van der Waals surface area contributed by atoms with E-state index in [1.807, 2.05) is 182 Å². The molecule has 0 atom stereocenters. The number of nitrogens with zero attached hydrogens (tertiary/aromatic N) is 21. The second-order valence-corrected chi connectivity index (χ2v) is 25.5. The maximum atomic E-state index is 5.75. The van der Waals surface area contributed by atoms with E-state index in [1.54, 1.807) is 6.20 Å². The Morgan fingerprint density at radius 2 is 0.932 bits per heavy atom. The number of oxazole rings is 2. The summed E-state index contributed by atoms with van der Waals surface area (Å²) in [5.41, 5.74) is 24.0. The third-order valence-corrected chi connectivity index (χ3v) is 19.9. The van der Waals surface area contributed by atoms with Gasteiger partial charge in [0.25, 0.3) is 34.6 Å². The summed E-state index contributed by atoms with van der Waals surface area (Å²) in [4.78, 5) is 22.4. The topological polar surface area (TPSA) is 163 Å². The fourth-order valence-corrected chi connectivity index (χ4v) is 13.5. The first-order valence-corrected chi connectivity index (χ1v) is 33.2. The molecule has 0 bridgehead atoms. The first-order chi connectivity index (χ1) is 48.3. The van der Waals surface area contributed by atoms with Crippen LogP contribution < -0.4 is 18.1 Å². The first kappa shape index (κ1) is 70.3. The first-order valence-electron chi connectivity index (χ1n) is 33.2. The average molecular weight is 1380 g/mol. The number of fused-ring (bicyclic) bond motifs is 21. The molecule has 0 N–H and O–H groups in total. The summed E-state index contributed by atoms with van der Waals surface area (Å²) >= 11 is 0. The molecule has 0 amide bonds. The molecule has 0 unspecified atom stereocenters. The van der Waals surface area contributed by atoms with E-state index in [0.717, 1.165) is 102 Å². The molecule has 19 aromatic heterocycles. The zero-order chi connectivity index (χ0) is 69.7. The molecule has 21 aromatic rings. The number of aryl methyl sites for hydroxylation is 13. The van der Waals surface area contributed by atoms with Crippen LogP contribution in [-0.4, -0.2) is 78.7 Å². The normalized spacial score (nSPS) is 11.3. The third kappa shape index (κ3) is 11.7. The van der Waals surface area contributed by atoms with E-state index >= 15 is 0 Å². The fraction of sp³-hybridized carbons (Fsp3) is 0.237. The molecule has 0 spiro atoms. The molecule has 23 heteroatoms. The molecule has 0 aliphatic rings. The Labute approximate surface area is 596 Å². The van der Waals surface area contributed by atoms with Crippen molar-refractivity contribution in [2.45, 2.75) is 70.7 Å². The molecule has 526 valence electrons. The van der Waals surface area contributed by atoms with E-state index in [1.165, 1.54) is 56.2 Å². The zero-order valence-corrected chi connectivity index (χ0v) is 59.3. The van der Waals surface area contributed by atoms with Crippen LogP contribution in [0, 0.1) is 48.5 Å². The second-order valence-electron chi connectivity index (χ2n) is 25.5. The molecule has 0 saturated heterocycles. The van der Waals surface area contributed by atoms with Crippen LogP contribution in [0.1, 0.15) is 62.9 Å². The predicted molar refractivity (Wildman–Crippen MR) is 411 cm³/mol. The lowest BCUT2D eigenvalue weighted by Crippen LogP contribution is -2.31. The van der Waals surface area contributed by atoms with Gasteiger partial charge in [0, 0.05) is 72.6 Å². The van der Waals surface area contributed by atoms with Crippen LogP contribution in [0.15, 0.2) is 210 Å². The van der Waals surface area contributed by atoms with Crippen LogP contribution in [0.2, 0.25) is 0 Å². The van der Waals surface area contributed by atoms with Crippen LogP contribution in [0.4, 0.5) is 0 Å². The number of hydrogen-bond donors (Lipinski definition) is 0. The van der Waals surface area contributed by atoms with Gasteiger partial charge in [-0.1, -0.05) is 76.9 Å². The lowest BCUT2D eigenvalue weighted by molar-refractivity contribution is -0.654. The molecule has 103 heavy (non-hydrogen) atoms. The maximum Gasteiger partial charge on any atom is 0.338 e. The molecule has 21 rings (SSSR count). The largest absolute Gasteiger partial charge is 0.437 e. The minimum absolute atomic E-state index is 0. The van der Waals surface area contributed by atoms with Crippen molar-refractivity contribution in [2.75, 3.05) is 0 Å². The van der Waals surface area contributed by atoms with Gasteiger partial charge < -0.3 is 26.8 Å². The highest BCUT2D eigenvalue weighted by Gasteiger charge is 2.25. The van der Waals surface area contributed by atoms with Crippen LogP contribution in [0.5, 0.6) is 0 Å². The van der Waals surface area contributed by atoms with E-state index in [0.29, 0.717) is 0 Å². The van der Waals surface area contributed by atoms with Gasteiger partial charge in [0.05, 0.1) is 102 Å². The Hall–Kier alpha value is -12.5. The number of imidazole rings is 9. The fourth-order valence-electron chi connectivity index (χ4n) is 13.5. The SMILES string of the molecule is C.C.C.Cc1c2oc3ccccc3[n+]2cn1C.Cc1n(C)c2cc3ccccn3c2[n+]1C.Cc1n(C)c2nc3ccccn3c2[n+]1C.Cc1n(C)c2nc3ccccn3c2[n+]1C.Cc1nc2c(cn3ccccc23)n1C.Cc1nc2cn3ccccc3c2n1C.Cc1ncc2oc3ccccc3n12. The van der Waals surface area contributed by atoms with Crippen molar-refractivity contribution in [2.24, 2.45) is 63.4 Å². The molecule has 19 heterocycles. The van der Waals surface area contributed by atoms with Gasteiger partial charge in [-0.2, -0.15) is 14.4 Å². The Morgan fingerprint density at radius 1 is 0.417 bits per heavy atom. The molecular formula is C80H93N21O2+4. The smallest absolute Gasteiger partial charge is 0.338 e. The summed E-state index contributed by atoms with van der Waals surface area (Å²) in [7, 11) is 18.6. The van der Waals surface area contributed by atoms with Crippen molar-refractivity contribution in [3.05, 3.63) is 242 Å². The van der Waals surface area contributed by atoms with Crippen molar-refractivity contribution in [3.63, 3.8) is 0 Å². The summed E-state index contributed by atoms with van der Waals surface area (Å²) in [6.07, 6.45) is 18.3. The Bertz CT molecular complexity index is 6250. The lowest BCUT2D eigenvalue weighted by atomic mass is 10.3. The number of aromatic nitrogens is 21. The average Bonchev–Trinajstić information content (AvgIpc) is 1.61. The summed E-state index contributed by atoms with van der Waals surface area (Å²) in [5, 5.41) is 0. The van der Waals surface area contributed by atoms with E-state index in [9.17, 15) is 0 Å². The number of pyridine rings is 5. The van der Waals surface area contributed by atoms with E-state index in [4.69, 9.17) is 8.83 Å². The van der Waals surface area contributed by atoms with Crippen LogP contribution >= 0.6 is 0 Å². The van der Waals surface area contributed by atoms with Gasteiger partial charge >= 0.3 is 5.71 Å². The van der Waals surface area contributed by atoms with Crippen molar-refractivity contribution in [3.8, 4) is 0 Å². The van der Waals surface area contributed by atoms with Gasteiger partial charge in [0.1, 0.15) is 34.0 Å². The molecule has 0 saturated carbocycles. The summed E-state index contributed by atoms with van der Waals surface area (Å²) in [6, 6.07) is 49.0. The maximum absolute atomic E-state index is 5.75. The molecule has 23 nitrogen and oxygen atoms in total. The minimum Gasteiger partial charge on any atom is -0.437 e. The zero-order valence-electron chi connectivity index (χ0n) is 59.3. The number of hydrogen-bond acceptors (Lipinski definition) is 7. The van der Waals surface area contributed by atoms with Crippen molar-refractivity contribution in [1.82, 2.24) is 78.7 Å². The Kier molecular flexibility index (Phi) is 18.8. The molecule has 2 aromatic carbocycles. The monoisotopic (exact) mass is 1380 g/mol. The molecule has 0 radical (unpaired) electrons. The van der Waals surface area contributed by atoms with Crippen molar-refractivity contribution < 1.29 is 26.9 Å². The summed E-state index contributed by atoms with van der Waals surface area (Å²) < 4.78 is 45.4. The van der Waals surface area contributed by atoms with Gasteiger partial charge in [-0.15, -0.1) is 0 Å². The van der Waals surface area contributed by atoms with Gasteiger partial charge in [0.15, 0.2) is 39.2 Å². The molecule has 0 fully saturated rings. The third-order valence-electron chi connectivity index (χ3n) is 19.9. The number of para-hydroxylation sites is 4. The van der Waals surface area contributed by atoms with Gasteiger partial charge in [-0.3, -0.25) is 8.97 Å². The predicted octanol–water partition coefficient (Wildman–Crippen LogP) is 13.9. The highest BCUT2D eigenvalue weighted by atomic mass is 16.4. The van der Waals surface area contributed by atoms with Crippen molar-refractivity contribution in [1.29, 1.82) is 0 Å². The molecule has 0 aliphatic heterocycles.